The quantitative estimate of drug-likeness (QED) is 0.938. The molecule has 2 aromatic rings. The van der Waals surface area contributed by atoms with Gasteiger partial charge in [-0.25, -0.2) is 0 Å². The van der Waals surface area contributed by atoms with E-state index in [1.165, 1.54) is 12.1 Å². The second-order valence-corrected chi connectivity index (χ2v) is 4.16. The molecule has 0 saturated heterocycles. The first-order chi connectivity index (χ1) is 9.36. The third kappa shape index (κ3) is 3.34. The van der Waals surface area contributed by atoms with Crippen molar-refractivity contribution in [1.82, 2.24) is 4.98 Å². The smallest absolute Gasteiger partial charge is 0.416 e. The molecule has 0 amide bonds. The van der Waals surface area contributed by atoms with Gasteiger partial charge in [0.2, 0.25) is 0 Å². The minimum Gasteiger partial charge on any atom is -0.481 e. The predicted molar refractivity (Wildman–Crippen MR) is 66.0 cm³/mol. The summed E-state index contributed by atoms with van der Waals surface area (Å²) in [5.74, 6) is -1.01. The highest BCUT2D eigenvalue weighted by molar-refractivity contribution is 5.70. The highest BCUT2D eigenvalue weighted by Crippen LogP contribution is 2.30. The van der Waals surface area contributed by atoms with Crippen molar-refractivity contribution in [3.63, 3.8) is 0 Å². The number of aromatic nitrogens is 1. The minimum atomic E-state index is -4.38. The van der Waals surface area contributed by atoms with Gasteiger partial charge < -0.3 is 5.11 Å². The first-order valence-corrected chi connectivity index (χ1v) is 5.71. The molecule has 0 unspecified atom stereocenters. The third-order valence-electron chi connectivity index (χ3n) is 2.65. The van der Waals surface area contributed by atoms with Crippen LogP contribution in [0.15, 0.2) is 42.5 Å². The van der Waals surface area contributed by atoms with E-state index in [0.717, 1.165) is 12.1 Å². The Balaban J connectivity index is 2.30. The standard InChI is InChI=1S/C14H10F3NO2/c15-14(16,17)10-6-4-9(5-7-10)12-3-1-2-11(18-12)8-13(19)20/h1-7H,8H2,(H,19,20). The molecule has 0 aliphatic heterocycles. The van der Waals surface area contributed by atoms with Crippen LogP contribution in [-0.2, 0) is 17.4 Å². The van der Waals surface area contributed by atoms with E-state index in [-0.39, 0.29) is 6.42 Å². The lowest BCUT2D eigenvalue weighted by atomic mass is 10.1. The van der Waals surface area contributed by atoms with E-state index in [1.807, 2.05) is 0 Å². The Hall–Kier alpha value is -2.37. The zero-order chi connectivity index (χ0) is 14.8. The van der Waals surface area contributed by atoms with Crippen LogP contribution in [0.25, 0.3) is 11.3 Å². The number of halogens is 3. The van der Waals surface area contributed by atoms with Crippen LogP contribution in [0.5, 0.6) is 0 Å². The summed E-state index contributed by atoms with van der Waals surface area (Å²) in [5, 5.41) is 8.69. The van der Waals surface area contributed by atoms with Crippen molar-refractivity contribution in [1.29, 1.82) is 0 Å². The summed E-state index contributed by atoms with van der Waals surface area (Å²) in [7, 11) is 0. The number of carboxylic acid groups (broad SMARTS) is 1. The molecule has 2 rings (SSSR count). The van der Waals surface area contributed by atoms with Crippen LogP contribution in [0.4, 0.5) is 13.2 Å². The topological polar surface area (TPSA) is 50.2 Å². The molecule has 0 spiro atoms. The number of carboxylic acids is 1. The second-order valence-electron chi connectivity index (χ2n) is 4.16. The minimum absolute atomic E-state index is 0.228. The van der Waals surface area contributed by atoms with Gasteiger partial charge in [0.25, 0.3) is 0 Å². The maximum Gasteiger partial charge on any atom is 0.416 e. The Labute approximate surface area is 112 Å². The Morgan fingerprint density at radius 3 is 2.30 bits per heavy atom. The van der Waals surface area contributed by atoms with Crippen LogP contribution < -0.4 is 0 Å². The van der Waals surface area contributed by atoms with Crippen molar-refractivity contribution < 1.29 is 23.1 Å². The van der Waals surface area contributed by atoms with E-state index in [1.54, 1.807) is 18.2 Å². The predicted octanol–water partition coefficient (Wildman–Crippen LogP) is 3.39. The van der Waals surface area contributed by atoms with Gasteiger partial charge in [0, 0.05) is 5.56 Å². The highest BCUT2D eigenvalue weighted by atomic mass is 19.4. The lowest BCUT2D eigenvalue weighted by Crippen LogP contribution is -2.04. The number of alkyl halides is 3. The normalized spacial score (nSPS) is 11.3. The molecule has 104 valence electrons. The van der Waals surface area contributed by atoms with Crippen molar-refractivity contribution in [3.05, 3.63) is 53.7 Å². The van der Waals surface area contributed by atoms with Crippen molar-refractivity contribution in [2.45, 2.75) is 12.6 Å². The van der Waals surface area contributed by atoms with Crippen molar-refractivity contribution >= 4 is 5.97 Å². The van der Waals surface area contributed by atoms with Crippen LogP contribution in [0.2, 0.25) is 0 Å². The number of nitrogens with zero attached hydrogens (tertiary/aromatic N) is 1. The van der Waals surface area contributed by atoms with Gasteiger partial charge in [-0.3, -0.25) is 9.78 Å². The molecule has 6 heteroatoms. The maximum absolute atomic E-state index is 12.4. The van der Waals surface area contributed by atoms with E-state index in [2.05, 4.69) is 4.98 Å². The molecule has 1 aromatic carbocycles. The lowest BCUT2D eigenvalue weighted by Gasteiger charge is -2.08. The second kappa shape index (κ2) is 5.32. The molecule has 20 heavy (non-hydrogen) atoms. The number of hydrogen-bond donors (Lipinski definition) is 1. The third-order valence-corrected chi connectivity index (χ3v) is 2.65. The van der Waals surface area contributed by atoms with E-state index in [9.17, 15) is 18.0 Å². The fraction of sp³-hybridized carbons (Fsp3) is 0.143. The monoisotopic (exact) mass is 281 g/mol. The van der Waals surface area contributed by atoms with Gasteiger partial charge in [-0.15, -0.1) is 0 Å². The van der Waals surface area contributed by atoms with Gasteiger partial charge in [-0.1, -0.05) is 18.2 Å². The largest absolute Gasteiger partial charge is 0.481 e. The molecule has 0 aliphatic carbocycles. The number of carbonyl (C=O) groups is 1. The highest BCUT2D eigenvalue weighted by Gasteiger charge is 2.29. The molecule has 0 bridgehead atoms. The summed E-state index contributed by atoms with van der Waals surface area (Å²) in [5.41, 5.74) is 0.570. The number of rotatable bonds is 3. The average molecular weight is 281 g/mol. The summed E-state index contributed by atoms with van der Waals surface area (Å²) >= 11 is 0. The maximum atomic E-state index is 12.4. The molecule has 1 aromatic heterocycles. The fourth-order valence-electron chi connectivity index (χ4n) is 1.72. The van der Waals surface area contributed by atoms with E-state index < -0.39 is 17.7 Å². The lowest BCUT2D eigenvalue weighted by molar-refractivity contribution is -0.138. The molecule has 1 heterocycles. The number of aliphatic carboxylic acids is 1. The zero-order valence-corrected chi connectivity index (χ0v) is 10.2. The van der Waals surface area contributed by atoms with Gasteiger partial charge in [-0.05, 0) is 24.3 Å². The van der Waals surface area contributed by atoms with Gasteiger partial charge in [0.1, 0.15) is 0 Å². The van der Waals surface area contributed by atoms with Gasteiger partial charge in [0.15, 0.2) is 0 Å². The summed E-state index contributed by atoms with van der Waals surface area (Å²) in [6.07, 6.45) is -4.61. The molecule has 1 N–H and O–H groups in total. The SMILES string of the molecule is O=C(O)Cc1cccc(-c2ccc(C(F)(F)F)cc2)n1. The summed E-state index contributed by atoms with van der Waals surface area (Å²) in [6.45, 7) is 0. The van der Waals surface area contributed by atoms with Crippen LogP contribution in [-0.4, -0.2) is 16.1 Å². The molecule has 0 saturated carbocycles. The van der Waals surface area contributed by atoms with Crippen molar-refractivity contribution in [2.75, 3.05) is 0 Å². The van der Waals surface area contributed by atoms with Crippen LogP contribution in [0.3, 0.4) is 0 Å². The van der Waals surface area contributed by atoms with Crippen LogP contribution in [0, 0.1) is 0 Å². The average Bonchev–Trinajstić information content (AvgIpc) is 2.37. The summed E-state index contributed by atoms with van der Waals surface area (Å²) in [4.78, 5) is 14.7. The van der Waals surface area contributed by atoms with Gasteiger partial charge in [-0.2, -0.15) is 13.2 Å². The molecule has 0 atom stereocenters. The Bertz CT molecular complexity index is 621. The molecule has 0 fully saturated rings. The Kier molecular flexibility index (Phi) is 3.74. The number of hydrogen-bond acceptors (Lipinski definition) is 2. The van der Waals surface area contributed by atoms with Gasteiger partial charge >= 0.3 is 12.1 Å². The summed E-state index contributed by atoms with van der Waals surface area (Å²) in [6, 6.07) is 9.38. The number of benzene rings is 1. The fourth-order valence-corrected chi connectivity index (χ4v) is 1.72. The molecule has 0 aliphatic rings. The first kappa shape index (κ1) is 14.0. The van der Waals surface area contributed by atoms with Crippen LogP contribution >= 0.6 is 0 Å². The van der Waals surface area contributed by atoms with Crippen molar-refractivity contribution in [2.24, 2.45) is 0 Å². The first-order valence-electron chi connectivity index (χ1n) is 5.71. The summed E-state index contributed by atoms with van der Waals surface area (Å²) < 4.78 is 37.3. The molecule has 0 radical (unpaired) electrons. The van der Waals surface area contributed by atoms with Gasteiger partial charge in [0.05, 0.1) is 23.4 Å². The van der Waals surface area contributed by atoms with Crippen molar-refractivity contribution in [3.8, 4) is 11.3 Å². The Morgan fingerprint density at radius 2 is 1.75 bits per heavy atom. The molecular formula is C14H10F3NO2. The van der Waals surface area contributed by atoms with E-state index in [4.69, 9.17) is 5.11 Å². The molecule has 3 nitrogen and oxygen atoms in total. The van der Waals surface area contributed by atoms with E-state index >= 15 is 0 Å². The van der Waals surface area contributed by atoms with Crippen LogP contribution in [0.1, 0.15) is 11.3 Å². The van der Waals surface area contributed by atoms with E-state index in [0.29, 0.717) is 17.0 Å². The molecular weight excluding hydrogens is 271 g/mol. The number of pyridine rings is 1. The Morgan fingerprint density at radius 1 is 1.10 bits per heavy atom. The zero-order valence-electron chi connectivity index (χ0n) is 10.2.